The van der Waals surface area contributed by atoms with Crippen LogP contribution < -0.4 is 15.4 Å². The molecule has 2 N–H and O–H groups in total. The highest BCUT2D eigenvalue weighted by Gasteiger charge is 2.14. The van der Waals surface area contributed by atoms with Crippen LogP contribution in [0.1, 0.15) is 31.1 Å². The highest BCUT2D eigenvalue weighted by atomic mass is 35.5. The van der Waals surface area contributed by atoms with Gasteiger partial charge in [-0.1, -0.05) is 35.9 Å². The second kappa shape index (κ2) is 11.7. The molecule has 0 spiro atoms. The molecule has 0 radical (unpaired) electrons. The van der Waals surface area contributed by atoms with Crippen LogP contribution in [0.3, 0.4) is 0 Å². The van der Waals surface area contributed by atoms with Gasteiger partial charge in [-0.25, -0.2) is 0 Å². The van der Waals surface area contributed by atoms with Gasteiger partial charge < -0.3 is 20.1 Å². The second-order valence-corrected chi connectivity index (χ2v) is 7.05. The second-order valence-electron chi connectivity index (χ2n) is 6.62. The van der Waals surface area contributed by atoms with Crippen LogP contribution in [0.4, 0.5) is 0 Å². The first-order chi connectivity index (χ1) is 13.5. The molecule has 0 aliphatic rings. The average Bonchev–Trinajstić information content (AvgIpc) is 2.70. The van der Waals surface area contributed by atoms with Crippen molar-refractivity contribution >= 4 is 17.5 Å². The molecule has 0 fully saturated rings. The predicted octanol–water partition coefficient (Wildman–Crippen LogP) is 3.76. The molecule has 2 rings (SSSR count). The zero-order chi connectivity index (χ0) is 20.4. The van der Waals surface area contributed by atoms with Gasteiger partial charge in [0.05, 0.1) is 6.10 Å². The van der Waals surface area contributed by atoms with Crippen molar-refractivity contribution in [2.45, 2.75) is 32.4 Å². The van der Waals surface area contributed by atoms with Crippen molar-refractivity contribution in [2.75, 3.05) is 26.8 Å². The summed E-state index contributed by atoms with van der Waals surface area (Å²) in [5.41, 5.74) is 2.27. The van der Waals surface area contributed by atoms with Crippen LogP contribution in [0.2, 0.25) is 5.02 Å². The summed E-state index contributed by atoms with van der Waals surface area (Å²) < 4.78 is 11.3. The Bertz CT molecular complexity index is 737. The summed E-state index contributed by atoms with van der Waals surface area (Å²) >= 11 is 6.11. The van der Waals surface area contributed by atoms with E-state index in [1.165, 1.54) is 5.56 Å². The molecule has 1 amide bonds. The minimum atomic E-state index is -0.148. The fourth-order valence-electron chi connectivity index (χ4n) is 2.86. The van der Waals surface area contributed by atoms with E-state index in [9.17, 15) is 4.79 Å². The summed E-state index contributed by atoms with van der Waals surface area (Å²) in [5, 5.41) is 6.79. The van der Waals surface area contributed by atoms with Crippen molar-refractivity contribution < 1.29 is 14.3 Å². The number of rotatable bonds is 11. The van der Waals surface area contributed by atoms with Crippen LogP contribution >= 0.6 is 11.6 Å². The molecular formula is C22H29ClN2O3. The number of benzene rings is 2. The molecule has 2 unspecified atom stereocenters. The average molecular weight is 405 g/mol. The van der Waals surface area contributed by atoms with Crippen LogP contribution in [-0.2, 0) is 16.0 Å². The number of amides is 1. The van der Waals surface area contributed by atoms with Gasteiger partial charge in [-0.05, 0) is 55.7 Å². The Kier molecular flexibility index (Phi) is 9.28. The van der Waals surface area contributed by atoms with Crippen molar-refractivity contribution in [3.05, 3.63) is 64.7 Å². The molecule has 152 valence electrons. The van der Waals surface area contributed by atoms with Gasteiger partial charge in [0.25, 0.3) is 5.91 Å². The molecule has 0 aromatic heterocycles. The Morgan fingerprint density at radius 1 is 1.18 bits per heavy atom. The van der Waals surface area contributed by atoms with E-state index in [4.69, 9.17) is 21.1 Å². The van der Waals surface area contributed by atoms with Gasteiger partial charge in [-0.2, -0.15) is 0 Å². The number of likely N-dealkylation sites (N-methyl/N-ethyl adjacent to an activating group) is 1. The van der Waals surface area contributed by atoms with Gasteiger partial charge in [-0.3, -0.25) is 4.79 Å². The summed E-state index contributed by atoms with van der Waals surface area (Å²) in [4.78, 5) is 11.2. The predicted molar refractivity (Wildman–Crippen MR) is 113 cm³/mol. The van der Waals surface area contributed by atoms with E-state index in [-0.39, 0.29) is 24.7 Å². The van der Waals surface area contributed by atoms with Gasteiger partial charge >= 0.3 is 0 Å². The number of halogens is 1. The SMILES string of the molecule is CCOC(CNC(C)Cc1ccc(OCC(=O)NC)cc1)c1cccc(Cl)c1. The number of ether oxygens (including phenoxy) is 2. The Morgan fingerprint density at radius 2 is 1.93 bits per heavy atom. The fourth-order valence-corrected chi connectivity index (χ4v) is 3.06. The molecule has 0 heterocycles. The first kappa shape index (κ1) is 22.2. The van der Waals surface area contributed by atoms with E-state index >= 15 is 0 Å². The summed E-state index contributed by atoms with van der Waals surface area (Å²) in [6.07, 6.45) is 0.844. The summed E-state index contributed by atoms with van der Waals surface area (Å²) in [5.74, 6) is 0.538. The normalized spacial score (nSPS) is 13.0. The van der Waals surface area contributed by atoms with Crippen LogP contribution in [0.15, 0.2) is 48.5 Å². The minimum absolute atomic E-state index is 0.0239. The molecule has 0 bridgehead atoms. The lowest BCUT2D eigenvalue weighted by molar-refractivity contribution is -0.122. The lowest BCUT2D eigenvalue weighted by atomic mass is 10.1. The quantitative estimate of drug-likeness (QED) is 0.598. The monoisotopic (exact) mass is 404 g/mol. The highest BCUT2D eigenvalue weighted by molar-refractivity contribution is 6.30. The Labute approximate surface area is 172 Å². The van der Waals surface area contributed by atoms with E-state index in [1.807, 2.05) is 55.5 Å². The van der Waals surface area contributed by atoms with Gasteiger partial charge in [0.2, 0.25) is 0 Å². The summed E-state index contributed by atoms with van der Waals surface area (Å²) in [7, 11) is 1.59. The number of carbonyl (C=O) groups is 1. The first-order valence-electron chi connectivity index (χ1n) is 9.54. The van der Waals surface area contributed by atoms with E-state index in [0.29, 0.717) is 23.9 Å². The zero-order valence-corrected chi connectivity index (χ0v) is 17.5. The zero-order valence-electron chi connectivity index (χ0n) is 16.7. The Balaban J connectivity index is 1.85. The molecule has 0 aliphatic heterocycles. The summed E-state index contributed by atoms with van der Waals surface area (Å²) in [6, 6.07) is 15.9. The number of carbonyl (C=O) groups excluding carboxylic acids is 1. The first-order valence-corrected chi connectivity index (χ1v) is 9.92. The summed E-state index contributed by atoms with van der Waals surface area (Å²) in [6.45, 7) is 5.52. The molecule has 2 atom stereocenters. The van der Waals surface area contributed by atoms with Crippen molar-refractivity contribution in [1.29, 1.82) is 0 Å². The third-order valence-electron chi connectivity index (χ3n) is 4.35. The smallest absolute Gasteiger partial charge is 0.257 e. The largest absolute Gasteiger partial charge is 0.484 e. The molecule has 0 aliphatic carbocycles. The molecule has 6 heteroatoms. The van der Waals surface area contributed by atoms with Crippen molar-refractivity contribution in [1.82, 2.24) is 10.6 Å². The van der Waals surface area contributed by atoms with E-state index in [0.717, 1.165) is 12.0 Å². The third kappa shape index (κ3) is 7.50. The molecule has 5 nitrogen and oxygen atoms in total. The number of hydrogen-bond donors (Lipinski definition) is 2. The molecule has 2 aromatic rings. The van der Waals surface area contributed by atoms with Crippen molar-refractivity contribution in [3.63, 3.8) is 0 Å². The molecule has 0 saturated carbocycles. The maximum atomic E-state index is 11.2. The van der Waals surface area contributed by atoms with Gasteiger partial charge in [0.1, 0.15) is 5.75 Å². The van der Waals surface area contributed by atoms with E-state index in [1.54, 1.807) is 7.05 Å². The van der Waals surface area contributed by atoms with Gasteiger partial charge in [-0.15, -0.1) is 0 Å². The van der Waals surface area contributed by atoms with E-state index in [2.05, 4.69) is 17.6 Å². The van der Waals surface area contributed by atoms with Gasteiger partial charge in [0, 0.05) is 31.3 Å². The van der Waals surface area contributed by atoms with Gasteiger partial charge in [0.15, 0.2) is 6.61 Å². The highest BCUT2D eigenvalue weighted by Crippen LogP contribution is 2.21. The van der Waals surface area contributed by atoms with Crippen molar-refractivity contribution in [2.24, 2.45) is 0 Å². The third-order valence-corrected chi connectivity index (χ3v) is 4.59. The van der Waals surface area contributed by atoms with Crippen molar-refractivity contribution in [3.8, 4) is 5.75 Å². The maximum absolute atomic E-state index is 11.2. The van der Waals surface area contributed by atoms with Crippen LogP contribution in [0.25, 0.3) is 0 Å². The molecular weight excluding hydrogens is 376 g/mol. The number of nitrogens with one attached hydrogen (secondary N) is 2. The maximum Gasteiger partial charge on any atom is 0.257 e. The Hall–Kier alpha value is -2.08. The fraction of sp³-hybridized carbons (Fsp3) is 0.409. The lowest BCUT2D eigenvalue weighted by Gasteiger charge is -2.21. The van der Waals surface area contributed by atoms with E-state index < -0.39 is 0 Å². The number of hydrogen-bond acceptors (Lipinski definition) is 4. The Morgan fingerprint density at radius 3 is 2.57 bits per heavy atom. The molecule has 0 saturated heterocycles. The van der Waals surface area contributed by atoms with Crippen LogP contribution in [-0.4, -0.2) is 38.8 Å². The lowest BCUT2D eigenvalue weighted by Crippen LogP contribution is -2.33. The minimum Gasteiger partial charge on any atom is -0.484 e. The van der Waals surface area contributed by atoms with Crippen LogP contribution in [0, 0.1) is 0 Å². The molecule has 2 aromatic carbocycles. The molecule has 28 heavy (non-hydrogen) atoms. The standard InChI is InChI=1S/C22H29ClN2O3/c1-4-27-21(18-6-5-7-19(23)13-18)14-25-16(2)12-17-8-10-20(11-9-17)28-15-22(26)24-3/h5-11,13,16,21,25H,4,12,14-15H2,1-3H3,(H,24,26). The topological polar surface area (TPSA) is 59.6 Å². The van der Waals surface area contributed by atoms with Crippen LogP contribution in [0.5, 0.6) is 5.75 Å².